The Morgan fingerprint density at radius 1 is 1.52 bits per heavy atom. The zero-order valence-corrected chi connectivity index (χ0v) is 12.1. The molecule has 116 valence electrons. The van der Waals surface area contributed by atoms with Gasteiger partial charge in [-0.1, -0.05) is 12.1 Å². The number of benzene rings is 1. The Morgan fingerprint density at radius 3 is 2.76 bits per heavy atom. The summed E-state index contributed by atoms with van der Waals surface area (Å²) in [5.74, 6) is -0.134. The van der Waals surface area contributed by atoms with Crippen molar-refractivity contribution in [1.82, 2.24) is 5.32 Å². The molecule has 0 saturated carbocycles. The Hall–Kier alpha value is -1.63. The molecule has 0 radical (unpaired) electrons. The fourth-order valence-electron chi connectivity index (χ4n) is 2.35. The lowest BCUT2D eigenvalue weighted by Gasteiger charge is -2.26. The molecule has 5 N–H and O–H groups in total. The molecule has 1 aliphatic heterocycles. The second kappa shape index (κ2) is 6.43. The molecular formula is C15H22N2O4. The van der Waals surface area contributed by atoms with Crippen LogP contribution in [0.1, 0.15) is 18.9 Å². The van der Waals surface area contributed by atoms with Gasteiger partial charge >= 0.3 is 0 Å². The van der Waals surface area contributed by atoms with Gasteiger partial charge in [-0.25, -0.2) is 0 Å². The Morgan fingerprint density at radius 2 is 2.19 bits per heavy atom. The summed E-state index contributed by atoms with van der Waals surface area (Å²) in [6.07, 6.45) is 0.573. The summed E-state index contributed by atoms with van der Waals surface area (Å²) >= 11 is 0. The molecule has 1 fully saturated rings. The number of aromatic hydroxyl groups is 1. The van der Waals surface area contributed by atoms with Crippen molar-refractivity contribution in [2.75, 3.05) is 13.2 Å². The first-order chi connectivity index (χ1) is 9.90. The van der Waals surface area contributed by atoms with E-state index in [1.54, 1.807) is 31.2 Å². The van der Waals surface area contributed by atoms with Crippen molar-refractivity contribution in [3.63, 3.8) is 0 Å². The molecule has 1 saturated heterocycles. The average molecular weight is 294 g/mol. The summed E-state index contributed by atoms with van der Waals surface area (Å²) in [5.41, 5.74) is 5.71. The molecule has 1 aromatic rings. The number of carbonyl (C=O) groups excluding carboxylic acids is 1. The van der Waals surface area contributed by atoms with E-state index in [9.17, 15) is 15.0 Å². The third-order valence-corrected chi connectivity index (χ3v) is 3.96. The van der Waals surface area contributed by atoms with Gasteiger partial charge in [-0.2, -0.15) is 0 Å². The van der Waals surface area contributed by atoms with Crippen molar-refractivity contribution in [3.05, 3.63) is 29.8 Å². The van der Waals surface area contributed by atoms with E-state index in [0.29, 0.717) is 19.4 Å². The number of hydrogen-bond acceptors (Lipinski definition) is 5. The normalized spacial score (nSPS) is 26.5. The highest BCUT2D eigenvalue weighted by Crippen LogP contribution is 2.24. The van der Waals surface area contributed by atoms with Gasteiger partial charge in [0.15, 0.2) is 0 Å². The summed E-state index contributed by atoms with van der Waals surface area (Å²) in [6, 6.07) is 5.86. The third-order valence-electron chi connectivity index (χ3n) is 3.96. The van der Waals surface area contributed by atoms with Crippen LogP contribution in [0.15, 0.2) is 24.3 Å². The molecule has 21 heavy (non-hydrogen) atoms. The lowest BCUT2D eigenvalue weighted by Crippen LogP contribution is -2.51. The van der Waals surface area contributed by atoms with Crippen molar-refractivity contribution in [1.29, 1.82) is 0 Å². The SMILES string of the molecule is CC1OCCC1(O)CNC(=O)[C@@H](N)Cc1ccc(O)cc1. The van der Waals surface area contributed by atoms with Gasteiger partial charge in [-0.3, -0.25) is 4.79 Å². The van der Waals surface area contributed by atoms with Gasteiger partial charge in [0, 0.05) is 19.6 Å². The lowest BCUT2D eigenvalue weighted by atomic mass is 9.96. The van der Waals surface area contributed by atoms with Gasteiger partial charge in [0.05, 0.1) is 12.1 Å². The van der Waals surface area contributed by atoms with Crippen LogP contribution in [0.4, 0.5) is 0 Å². The Kier molecular flexibility index (Phi) is 4.82. The highest BCUT2D eigenvalue weighted by molar-refractivity contribution is 5.81. The topological polar surface area (TPSA) is 105 Å². The molecule has 2 rings (SSSR count). The van der Waals surface area contributed by atoms with Crippen LogP contribution in [0.5, 0.6) is 5.75 Å². The Labute approximate surface area is 123 Å². The quantitative estimate of drug-likeness (QED) is 0.608. The molecule has 6 heteroatoms. The molecule has 3 atom stereocenters. The van der Waals surface area contributed by atoms with Crippen LogP contribution in [0, 0.1) is 0 Å². The zero-order valence-electron chi connectivity index (χ0n) is 12.1. The average Bonchev–Trinajstić information content (AvgIpc) is 2.79. The van der Waals surface area contributed by atoms with Gasteiger partial charge in [-0.05, 0) is 31.0 Å². The van der Waals surface area contributed by atoms with Crippen molar-refractivity contribution >= 4 is 5.91 Å². The van der Waals surface area contributed by atoms with Crippen LogP contribution >= 0.6 is 0 Å². The lowest BCUT2D eigenvalue weighted by molar-refractivity contribution is -0.124. The molecule has 1 aliphatic rings. The van der Waals surface area contributed by atoms with Gasteiger partial charge in [0.1, 0.15) is 11.4 Å². The number of nitrogens with two attached hydrogens (primary N) is 1. The van der Waals surface area contributed by atoms with Gasteiger partial charge in [0.2, 0.25) is 5.91 Å². The number of amides is 1. The molecule has 1 amide bonds. The van der Waals surface area contributed by atoms with Crippen LogP contribution < -0.4 is 11.1 Å². The molecule has 0 spiro atoms. The molecule has 1 aromatic carbocycles. The van der Waals surface area contributed by atoms with Crippen molar-refractivity contribution in [2.45, 2.75) is 37.5 Å². The van der Waals surface area contributed by atoms with E-state index in [1.807, 2.05) is 0 Å². The third kappa shape index (κ3) is 3.93. The summed E-state index contributed by atoms with van der Waals surface area (Å²) < 4.78 is 5.31. The van der Waals surface area contributed by atoms with E-state index in [2.05, 4.69) is 5.32 Å². The van der Waals surface area contributed by atoms with E-state index in [1.165, 1.54) is 0 Å². The first-order valence-corrected chi connectivity index (χ1v) is 7.06. The van der Waals surface area contributed by atoms with E-state index in [0.717, 1.165) is 5.56 Å². The molecule has 2 unspecified atom stereocenters. The van der Waals surface area contributed by atoms with E-state index in [4.69, 9.17) is 10.5 Å². The fourth-order valence-corrected chi connectivity index (χ4v) is 2.35. The molecule has 6 nitrogen and oxygen atoms in total. The van der Waals surface area contributed by atoms with Crippen molar-refractivity contribution in [3.8, 4) is 5.75 Å². The summed E-state index contributed by atoms with van der Waals surface area (Å²) in [6.45, 7) is 2.42. The maximum Gasteiger partial charge on any atom is 0.237 e. The number of aliphatic hydroxyl groups is 1. The van der Waals surface area contributed by atoms with Crippen LogP contribution in [0.2, 0.25) is 0 Å². The Balaban J connectivity index is 1.84. The van der Waals surface area contributed by atoms with Crippen molar-refractivity contribution in [2.24, 2.45) is 5.73 Å². The second-order valence-electron chi connectivity index (χ2n) is 5.56. The molecule has 0 aliphatic carbocycles. The van der Waals surface area contributed by atoms with E-state index >= 15 is 0 Å². The number of phenolic OH excluding ortho intramolecular Hbond substituents is 1. The van der Waals surface area contributed by atoms with Crippen LogP contribution in [-0.2, 0) is 16.0 Å². The minimum Gasteiger partial charge on any atom is -0.508 e. The summed E-state index contributed by atoms with van der Waals surface area (Å²) in [7, 11) is 0. The van der Waals surface area contributed by atoms with Crippen LogP contribution in [0.3, 0.4) is 0 Å². The standard InChI is InChI=1S/C15H22N2O4/c1-10-15(20,6-7-21-10)9-17-14(19)13(16)8-11-2-4-12(18)5-3-11/h2-5,10,13,18,20H,6-9,16H2,1H3,(H,17,19)/t10?,13-,15?/m0/s1. The molecule has 1 heterocycles. The van der Waals surface area contributed by atoms with Crippen molar-refractivity contribution < 1.29 is 19.7 Å². The number of nitrogens with one attached hydrogen (secondary N) is 1. The zero-order chi connectivity index (χ0) is 15.5. The van der Waals surface area contributed by atoms with Crippen LogP contribution in [0.25, 0.3) is 0 Å². The minimum atomic E-state index is -1.02. The highest BCUT2D eigenvalue weighted by atomic mass is 16.5. The smallest absolute Gasteiger partial charge is 0.237 e. The van der Waals surface area contributed by atoms with Gasteiger partial charge < -0.3 is 26.0 Å². The molecule has 0 bridgehead atoms. The maximum absolute atomic E-state index is 12.0. The van der Waals surface area contributed by atoms with Gasteiger partial charge in [-0.15, -0.1) is 0 Å². The number of ether oxygens (including phenoxy) is 1. The first kappa shape index (κ1) is 15.8. The molecular weight excluding hydrogens is 272 g/mol. The number of carbonyl (C=O) groups is 1. The maximum atomic E-state index is 12.0. The predicted octanol–water partition coefficient (Wildman–Crippen LogP) is -0.0819. The van der Waals surface area contributed by atoms with Crippen LogP contribution in [-0.4, -0.2) is 47.0 Å². The van der Waals surface area contributed by atoms with Gasteiger partial charge in [0.25, 0.3) is 0 Å². The fraction of sp³-hybridized carbons (Fsp3) is 0.533. The summed E-state index contributed by atoms with van der Waals surface area (Å²) in [4.78, 5) is 12.0. The number of phenols is 1. The summed E-state index contributed by atoms with van der Waals surface area (Å²) in [5, 5.41) is 22.2. The molecule has 0 aromatic heterocycles. The monoisotopic (exact) mass is 294 g/mol. The highest BCUT2D eigenvalue weighted by Gasteiger charge is 2.39. The van der Waals surface area contributed by atoms with E-state index < -0.39 is 11.6 Å². The van der Waals surface area contributed by atoms with E-state index in [-0.39, 0.29) is 24.3 Å². The number of hydrogen-bond donors (Lipinski definition) is 4. The number of rotatable bonds is 5. The Bertz CT molecular complexity index is 491. The largest absolute Gasteiger partial charge is 0.508 e. The predicted molar refractivity (Wildman–Crippen MR) is 77.8 cm³/mol. The second-order valence-corrected chi connectivity index (χ2v) is 5.56. The minimum absolute atomic E-state index is 0.135. The first-order valence-electron chi connectivity index (χ1n) is 7.06.